The van der Waals surface area contributed by atoms with E-state index in [4.69, 9.17) is 4.98 Å². The summed E-state index contributed by atoms with van der Waals surface area (Å²) in [6.07, 6.45) is -0.567. The summed E-state index contributed by atoms with van der Waals surface area (Å²) in [6, 6.07) is 20.7. The quantitative estimate of drug-likeness (QED) is 0.427. The lowest BCUT2D eigenvalue weighted by Crippen LogP contribution is -2.43. The molecule has 3 aromatic carbocycles. The Morgan fingerprint density at radius 1 is 1.00 bits per heavy atom. The first-order valence-electron chi connectivity index (χ1n) is 10.0. The molecule has 1 aliphatic heterocycles. The number of carbonyl (C=O) groups excluding carboxylic acids is 1. The van der Waals surface area contributed by atoms with Crippen LogP contribution in [0.15, 0.2) is 72.1 Å². The monoisotopic (exact) mass is 427 g/mol. The Labute approximate surface area is 184 Å². The molecular weight excluding hydrogens is 406 g/mol. The molecule has 0 saturated heterocycles. The molecule has 1 amide bonds. The fourth-order valence-corrected chi connectivity index (χ4v) is 4.65. The van der Waals surface area contributed by atoms with E-state index in [1.807, 2.05) is 41.8 Å². The number of carbonyl (C=O) groups is 1. The van der Waals surface area contributed by atoms with Crippen LogP contribution in [0.2, 0.25) is 0 Å². The smallest absolute Gasteiger partial charge is 0.264 e. The number of hydrogen-bond donors (Lipinski definition) is 2. The van der Waals surface area contributed by atoms with Gasteiger partial charge in [0.15, 0.2) is 5.13 Å². The number of nitrogens with zero attached hydrogens (tertiary/aromatic N) is 2. The fourth-order valence-electron chi connectivity index (χ4n) is 3.80. The van der Waals surface area contributed by atoms with Gasteiger partial charge in [0.05, 0.1) is 11.3 Å². The predicted molar refractivity (Wildman–Crippen MR) is 125 cm³/mol. The van der Waals surface area contributed by atoms with E-state index in [0.717, 1.165) is 16.9 Å². The van der Waals surface area contributed by atoms with E-state index in [9.17, 15) is 9.90 Å². The highest BCUT2D eigenvalue weighted by molar-refractivity contribution is 7.14. The van der Waals surface area contributed by atoms with Gasteiger partial charge in [0.25, 0.3) is 5.91 Å². The first-order valence-corrected chi connectivity index (χ1v) is 10.9. The topological polar surface area (TPSA) is 65.5 Å². The molecular formula is C25H21N3O2S. The third-order valence-electron chi connectivity index (χ3n) is 5.66. The molecule has 1 atom stereocenters. The van der Waals surface area contributed by atoms with Gasteiger partial charge in [-0.2, -0.15) is 0 Å². The number of hydrogen-bond acceptors (Lipinski definition) is 5. The van der Waals surface area contributed by atoms with E-state index < -0.39 is 6.17 Å². The number of nitrogens with one attached hydrogen (secondary N) is 1. The summed E-state index contributed by atoms with van der Waals surface area (Å²) >= 11 is 1.42. The van der Waals surface area contributed by atoms with Crippen LogP contribution in [0.5, 0.6) is 5.75 Å². The van der Waals surface area contributed by atoms with E-state index in [-0.39, 0.29) is 11.7 Å². The molecule has 0 bridgehead atoms. The Hall–Kier alpha value is -3.64. The molecule has 0 aliphatic carbocycles. The number of rotatable bonds is 3. The Morgan fingerprint density at radius 2 is 1.77 bits per heavy atom. The van der Waals surface area contributed by atoms with Gasteiger partial charge in [-0.05, 0) is 49.2 Å². The summed E-state index contributed by atoms with van der Waals surface area (Å²) in [7, 11) is 0. The van der Waals surface area contributed by atoms with Gasteiger partial charge in [-0.25, -0.2) is 4.98 Å². The highest BCUT2D eigenvalue weighted by atomic mass is 32.1. The van der Waals surface area contributed by atoms with Crippen molar-refractivity contribution in [2.45, 2.75) is 20.0 Å². The lowest BCUT2D eigenvalue weighted by Gasteiger charge is -2.36. The van der Waals surface area contributed by atoms with Gasteiger partial charge in [-0.1, -0.05) is 42.5 Å². The SMILES string of the molecule is Cc1ccc(-c2csc(N3C(=O)c4ccccc4NC3c3ccccc3O)n2)cc1C. The molecule has 1 aliphatic rings. The summed E-state index contributed by atoms with van der Waals surface area (Å²) in [5.74, 6) is -0.0216. The zero-order chi connectivity index (χ0) is 21.5. The van der Waals surface area contributed by atoms with Crippen LogP contribution in [0, 0.1) is 13.8 Å². The lowest BCUT2D eigenvalue weighted by atomic mass is 10.0. The number of anilines is 2. The van der Waals surface area contributed by atoms with Crippen molar-refractivity contribution in [3.8, 4) is 17.0 Å². The second kappa shape index (κ2) is 7.56. The Kier molecular flexibility index (Phi) is 4.71. The maximum atomic E-state index is 13.5. The average molecular weight is 428 g/mol. The molecule has 4 aromatic rings. The second-order valence-electron chi connectivity index (χ2n) is 7.64. The number of benzene rings is 3. The van der Waals surface area contributed by atoms with Crippen LogP contribution >= 0.6 is 11.3 Å². The maximum absolute atomic E-state index is 13.5. The molecule has 0 fully saturated rings. The molecule has 5 nitrogen and oxygen atoms in total. The minimum atomic E-state index is -0.567. The van der Waals surface area contributed by atoms with Crippen molar-refractivity contribution in [3.05, 3.63) is 94.4 Å². The van der Waals surface area contributed by atoms with Crippen molar-refractivity contribution in [3.63, 3.8) is 0 Å². The van der Waals surface area contributed by atoms with Crippen molar-refractivity contribution >= 4 is 28.1 Å². The van der Waals surface area contributed by atoms with Gasteiger partial charge in [0.1, 0.15) is 11.9 Å². The molecule has 31 heavy (non-hydrogen) atoms. The van der Waals surface area contributed by atoms with Gasteiger partial charge in [-0.15, -0.1) is 11.3 Å². The molecule has 2 heterocycles. The van der Waals surface area contributed by atoms with Crippen molar-refractivity contribution in [2.75, 3.05) is 10.2 Å². The number of aryl methyl sites for hydroxylation is 2. The Morgan fingerprint density at radius 3 is 2.58 bits per heavy atom. The first kappa shape index (κ1) is 19.3. The lowest BCUT2D eigenvalue weighted by molar-refractivity contribution is 0.0974. The van der Waals surface area contributed by atoms with Crippen LogP contribution in [-0.2, 0) is 0 Å². The number of para-hydroxylation sites is 2. The normalized spacial score (nSPS) is 15.5. The number of phenols is 1. The zero-order valence-electron chi connectivity index (χ0n) is 17.2. The summed E-state index contributed by atoms with van der Waals surface area (Å²) in [5, 5.41) is 16.5. The maximum Gasteiger partial charge on any atom is 0.264 e. The first-order chi connectivity index (χ1) is 15.0. The molecule has 0 saturated carbocycles. The molecule has 0 spiro atoms. The van der Waals surface area contributed by atoms with Crippen molar-refractivity contribution in [1.82, 2.24) is 4.98 Å². The average Bonchev–Trinajstić information content (AvgIpc) is 3.26. The van der Waals surface area contributed by atoms with Crippen LogP contribution in [0.1, 0.15) is 33.2 Å². The highest BCUT2D eigenvalue weighted by Gasteiger charge is 2.36. The molecule has 2 N–H and O–H groups in total. The fraction of sp³-hybridized carbons (Fsp3) is 0.120. The summed E-state index contributed by atoms with van der Waals surface area (Å²) in [6.45, 7) is 4.16. The second-order valence-corrected chi connectivity index (χ2v) is 8.48. The number of aromatic nitrogens is 1. The molecule has 154 valence electrons. The minimum Gasteiger partial charge on any atom is -0.508 e. The molecule has 5 rings (SSSR count). The third kappa shape index (κ3) is 3.35. The van der Waals surface area contributed by atoms with Crippen LogP contribution in [0.3, 0.4) is 0 Å². The zero-order valence-corrected chi connectivity index (χ0v) is 18.0. The third-order valence-corrected chi connectivity index (χ3v) is 6.50. The number of phenolic OH excluding ortho intramolecular Hbond substituents is 1. The van der Waals surface area contributed by atoms with Crippen LogP contribution < -0.4 is 10.2 Å². The van der Waals surface area contributed by atoms with Gasteiger partial charge < -0.3 is 10.4 Å². The Balaban J connectivity index is 1.61. The number of thiazole rings is 1. The predicted octanol–water partition coefficient (Wildman–Crippen LogP) is 5.90. The van der Waals surface area contributed by atoms with Crippen molar-refractivity contribution < 1.29 is 9.90 Å². The Bertz CT molecular complexity index is 1300. The van der Waals surface area contributed by atoms with Gasteiger partial charge in [0, 0.05) is 22.2 Å². The standard InChI is InChI=1S/C25H21N3O2S/c1-15-11-12-17(13-16(15)2)21-14-31-25(27-21)28-23(19-8-4-6-10-22(19)29)26-20-9-5-3-7-18(20)24(28)30/h3-14,23,26,29H,1-2H3. The van der Waals surface area contributed by atoms with E-state index in [1.54, 1.807) is 23.1 Å². The number of aromatic hydroxyl groups is 1. The molecule has 6 heteroatoms. The van der Waals surface area contributed by atoms with Crippen molar-refractivity contribution in [2.24, 2.45) is 0 Å². The van der Waals surface area contributed by atoms with Gasteiger partial charge in [-0.3, -0.25) is 9.69 Å². The van der Waals surface area contributed by atoms with Crippen LogP contribution in [0.25, 0.3) is 11.3 Å². The number of fused-ring (bicyclic) bond motifs is 1. The van der Waals surface area contributed by atoms with E-state index >= 15 is 0 Å². The molecule has 1 aromatic heterocycles. The highest BCUT2D eigenvalue weighted by Crippen LogP contribution is 2.41. The van der Waals surface area contributed by atoms with E-state index in [0.29, 0.717) is 16.3 Å². The summed E-state index contributed by atoms with van der Waals surface area (Å²) < 4.78 is 0. The summed E-state index contributed by atoms with van der Waals surface area (Å²) in [5.41, 5.74) is 6.20. The van der Waals surface area contributed by atoms with Crippen molar-refractivity contribution in [1.29, 1.82) is 0 Å². The number of amides is 1. The largest absolute Gasteiger partial charge is 0.508 e. The molecule has 1 unspecified atom stereocenters. The molecule has 0 radical (unpaired) electrons. The van der Waals surface area contributed by atoms with E-state index in [1.165, 1.54) is 22.5 Å². The summed E-state index contributed by atoms with van der Waals surface area (Å²) in [4.78, 5) is 20.0. The van der Waals surface area contributed by atoms with Gasteiger partial charge >= 0.3 is 0 Å². The van der Waals surface area contributed by atoms with Crippen LogP contribution in [-0.4, -0.2) is 16.0 Å². The van der Waals surface area contributed by atoms with Gasteiger partial charge in [0.2, 0.25) is 0 Å². The van der Waals surface area contributed by atoms with E-state index in [2.05, 4.69) is 31.3 Å². The van der Waals surface area contributed by atoms with Crippen LogP contribution in [0.4, 0.5) is 10.8 Å². The minimum absolute atomic E-state index is 0.128.